The number of aldehydes is 2. The molecule has 0 unspecified atom stereocenters. The van der Waals surface area contributed by atoms with Gasteiger partial charge in [-0.05, 0) is 25.5 Å². The van der Waals surface area contributed by atoms with E-state index in [1.165, 1.54) is 6.92 Å². The molecular weight excluding hydrogens is 190 g/mol. The maximum Gasteiger partial charge on any atom is 0.119 e. The normalized spacial score (nSPS) is 7.33. The number of rotatable bonds is 2. The van der Waals surface area contributed by atoms with Crippen molar-refractivity contribution < 1.29 is 9.59 Å². The Labute approximate surface area is 91.3 Å². The van der Waals surface area contributed by atoms with E-state index in [4.69, 9.17) is 10.5 Å². The van der Waals surface area contributed by atoms with Crippen molar-refractivity contribution in [3.05, 3.63) is 30.3 Å². The van der Waals surface area contributed by atoms with Crippen LogP contribution in [-0.2, 0) is 9.59 Å². The molecule has 1 aromatic rings. The lowest BCUT2D eigenvalue weighted by atomic mass is 10.3. The van der Waals surface area contributed by atoms with Crippen LogP contribution in [0.4, 0.5) is 5.69 Å². The number of hydrogen-bond donors (Lipinski definition) is 1. The SMILES string of the molecule is CC=O.CCCC=O.Nc1ccccc1. The molecule has 0 aromatic heterocycles. The van der Waals surface area contributed by atoms with Gasteiger partial charge in [-0.2, -0.15) is 0 Å². The Balaban J connectivity index is 0. The molecule has 0 spiro atoms. The molecule has 15 heavy (non-hydrogen) atoms. The highest BCUT2D eigenvalue weighted by molar-refractivity contribution is 5.48. The molecular formula is C12H19NO2. The Morgan fingerprint density at radius 2 is 1.67 bits per heavy atom. The van der Waals surface area contributed by atoms with Crippen LogP contribution in [0.3, 0.4) is 0 Å². The van der Waals surface area contributed by atoms with Crippen molar-refractivity contribution >= 4 is 18.3 Å². The van der Waals surface area contributed by atoms with Crippen molar-refractivity contribution in [1.82, 2.24) is 0 Å². The standard InChI is InChI=1S/C6H7N.C4H8O.C2H4O/c7-6-4-2-1-3-5-6;1-2-3-4-5;1-2-3/h1-5H,7H2;4H,2-3H2,1H3;2H,1H3. The van der Waals surface area contributed by atoms with Gasteiger partial charge in [0.2, 0.25) is 0 Å². The van der Waals surface area contributed by atoms with E-state index in [0.29, 0.717) is 6.42 Å². The van der Waals surface area contributed by atoms with Gasteiger partial charge in [-0.1, -0.05) is 25.1 Å². The van der Waals surface area contributed by atoms with Crippen LogP contribution in [0, 0.1) is 0 Å². The predicted molar refractivity (Wildman–Crippen MR) is 63.6 cm³/mol. The highest BCUT2D eigenvalue weighted by Gasteiger charge is 1.72. The van der Waals surface area contributed by atoms with Gasteiger partial charge in [0.25, 0.3) is 0 Å². The summed E-state index contributed by atoms with van der Waals surface area (Å²) in [6.07, 6.45) is 3.36. The van der Waals surface area contributed by atoms with Crippen molar-refractivity contribution in [2.75, 3.05) is 5.73 Å². The molecule has 1 rings (SSSR count). The van der Waals surface area contributed by atoms with Gasteiger partial charge in [-0.15, -0.1) is 0 Å². The first-order valence-electron chi connectivity index (χ1n) is 4.86. The van der Waals surface area contributed by atoms with Gasteiger partial charge in [-0.25, -0.2) is 0 Å². The van der Waals surface area contributed by atoms with Crippen LogP contribution in [0.5, 0.6) is 0 Å². The largest absolute Gasteiger partial charge is 0.399 e. The molecule has 2 N–H and O–H groups in total. The molecule has 0 bridgehead atoms. The Morgan fingerprint density at radius 3 is 1.80 bits per heavy atom. The number of nitrogen functional groups attached to an aromatic ring is 1. The monoisotopic (exact) mass is 209 g/mol. The summed E-state index contributed by atoms with van der Waals surface area (Å²) in [6, 6.07) is 9.49. The number of unbranched alkanes of at least 4 members (excludes halogenated alkanes) is 1. The molecule has 3 nitrogen and oxygen atoms in total. The summed E-state index contributed by atoms with van der Waals surface area (Å²) in [5.41, 5.74) is 6.18. The Hall–Kier alpha value is -1.64. The van der Waals surface area contributed by atoms with Crippen LogP contribution in [0.2, 0.25) is 0 Å². The fourth-order valence-corrected chi connectivity index (χ4v) is 0.571. The van der Waals surface area contributed by atoms with Gasteiger partial charge in [0.05, 0.1) is 0 Å². The lowest BCUT2D eigenvalue weighted by Crippen LogP contribution is -1.79. The quantitative estimate of drug-likeness (QED) is 0.601. The van der Waals surface area contributed by atoms with Crippen LogP contribution in [0.25, 0.3) is 0 Å². The topological polar surface area (TPSA) is 60.2 Å². The lowest BCUT2D eigenvalue weighted by molar-refractivity contribution is -0.108. The minimum Gasteiger partial charge on any atom is -0.399 e. The molecule has 1 aromatic carbocycles. The molecule has 84 valence electrons. The van der Waals surface area contributed by atoms with Gasteiger partial charge in [0.15, 0.2) is 0 Å². The van der Waals surface area contributed by atoms with Crippen LogP contribution in [-0.4, -0.2) is 12.6 Å². The fraction of sp³-hybridized carbons (Fsp3) is 0.333. The highest BCUT2D eigenvalue weighted by atomic mass is 16.1. The summed E-state index contributed by atoms with van der Waals surface area (Å²) in [5, 5.41) is 0. The minimum atomic E-state index is 0.708. The van der Waals surface area contributed by atoms with E-state index in [2.05, 4.69) is 0 Å². The lowest BCUT2D eigenvalue weighted by Gasteiger charge is -1.83. The minimum absolute atomic E-state index is 0.708. The molecule has 0 atom stereocenters. The van der Waals surface area contributed by atoms with Gasteiger partial charge < -0.3 is 15.3 Å². The third-order valence-electron chi connectivity index (χ3n) is 1.21. The molecule has 0 fully saturated rings. The molecule has 0 aliphatic carbocycles. The summed E-state index contributed by atoms with van der Waals surface area (Å²) in [4.78, 5) is 18.2. The van der Waals surface area contributed by atoms with Gasteiger partial charge in [0, 0.05) is 12.1 Å². The highest BCUT2D eigenvalue weighted by Crippen LogP contribution is 1.95. The first kappa shape index (κ1) is 15.8. The van der Waals surface area contributed by atoms with Crippen molar-refractivity contribution in [3.8, 4) is 0 Å². The van der Waals surface area contributed by atoms with Crippen LogP contribution in [0.1, 0.15) is 26.7 Å². The molecule has 0 saturated heterocycles. The third-order valence-corrected chi connectivity index (χ3v) is 1.21. The average Bonchev–Trinajstić information content (AvgIpc) is 2.22. The molecule has 0 amide bonds. The first-order valence-corrected chi connectivity index (χ1v) is 4.86. The predicted octanol–water partition coefficient (Wildman–Crippen LogP) is 2.46. The number of hydrogen-bond acceptors (Lipinski definition) is 3. The van der Waals surface area contributed by atoms with Gasteiger partial charge in [0.1, 0.15) is 12.6 Å². The Morgan fingerprint density at radius 1 is 1.20 bits per heavy atom. The molecule has 0 radical (unpaired) electrons. The van der Waals surface area contributed by atoms with E-state index in [1.54, 1.807) is 0 Å². The maximum absolute atomic E-state index is 9.40. The van der Waals surface area contributed by atoms with Crippen molar-refractivity contribution in [1.29, 1.82) is 0 Å². The average molecular weight is 209 g/mol. The fourth-order valence-electron chi connectivity index (χ4n) is 0.571. The number of nitrogens with two attached hydrogens (primary N) is 1. The maximum atomic E-state index is 9.40. The van der Waals surface area contributed by atoms with Gasteiger partial charge >= 0.3 is 0 Å². The van der Waals surface area contributed by atoms with Crippen LogP contribution in [0.15, 0.2) is 30.3 Å². The number of para-hydroxylation sites is 1. The second-order valence-electron chi connectivity index (χ2n) is 2.60. The van der Waals surface area contributed by atoms with E-state index >= 15 is 0 Å². The van der Waals surface area contributed by atoms with Crippen LogP contribution >= 0.6 is 0 Å². The molecule has 0 heterocycles. The smallest absolute Gasteiger partial charge is 0.119 e. The third kappa shape index (κ3) is 19.0. The number of benzene rings is 1. The summed E-state index contributed by atoms with van der Waals surface area (Å²) in [5.74, 6) is 0. The van der Waals surface area contributed by atoms with E-state index in [-0.39, 0.29) is 0 Å². The second-order valence-corrected chi connectivity index (χ2v) is 2.60. The summed E-state index contributed by atoms with van der Waals surface area (Å²) in [6.45, 7) is 3.42. The van der Waals surface area contributed by atoms with E-state index < -0.39 is 0 Å². The molecule has 3 heteroatoms. The first-order chi connectivity index (χ1) is 7.22. The van der Waals surface area contributed by atoms with Crippen molar-refractivity contribution in [2.24, 2.45) is 0 Å². The van der Waals surface area contributed by atoms with Gasteiger partial charge in [-0.3, -0.25) is 0 Å². The zero-order chi connectivity index (χ0) is 11.9. The zero-order valence-electron chi connectivity index (χ0n) is 9.35. The van der Waals surface area contributed by atoms with Crippen molar-refractivity contribution in [3.63, 3.8) is 0 Å². The zero-order valence-corrected chi connectivity index (χ0v) is 9.35. The van der Waals surface area contributed by atoms with E-state index in [1.807, 2.05) is 37.3 Å². The van der Waals surface area contributed by atoms with Crippen molar-refractivity contribution in [2.45, 2.75) is 26.7 Å². The number of carbonyl (C=O) groups is 2. The summed E-state index contributed by atoms with van der Waals surface area (Å²) >= 11 is 0. The Kier molecular flexibility index (Phi) is 15.7. The molecule has 0 aliphatic heterocycles. The summed E-state index contributed by atoms with van der Waals surface area (Å²) in [7, 11) is 0. The van der Waals surface area contributed by atoms with Crippen LogP contribution < -0.4 is 5.73 Å². The number of anilines is 1. The Bertz CT molecular complexity index is 235. The summed E-state index contributed by atoms with van der Waals surface area (Å²) < 4.78 is 0. The molecule has 0 aliphatic rings. The second kappa shape index (κ2) is 14.9. The number of carbonyl (C=O) groups excluding carboxylic acids is 2. The van der Waals surface area contributed by atoms with E-state index in [9.17, 15) is 4.79 Å². The van der Waals surface area contributed by atoms with E-state index in [0.717, 1.165) is 24.7 Å². The molecule has 0 saturated carbocycles.